The predicted molar refractivity (Wildman–Crippen MR) is 127 cm³/mol. The van der Waals surface area contributed by atoms with Crippen molar-refractivity contribution in [3.8, 4) is 0 Å². The molecule has 3 aliphatic heterocycles. The van der Waals surface area contributed by atoms with E-state index in [2.05, 4.69) is 6.92 Å². The second-order valence-electron chi connectivity index (χ2n) is 9.92. The molecule has 33 heavy (non-hydrogen) atoms. The summed E-state index contributed by atoms with van der Waals surface area (Å²) in [7, 11) is -3.52. The highest BCUT2D eigenvalue weighted by Gasteiger charge is 2.32. The van der Waals surface area contributed by atoms with E-state index in [1.54, 1.807) is 33.5 Å². The summed E-state index contributed by atoms with van der Waals surface area (Å²) in [6.07, 6.45) is 7.46. The van der Waals surface area contributed by atoms with Crippen LogP contribution in [0.3, 0.4) is 0 Å². The SMILES string of the molecule is CC1CCN(C(=O)C2CCN(C(=O)c3ccc(S(=O)(=O)N4CCCCCC4)cc3)CC2)CC1. The average molecular weight is 476 g/mol. The third-order valence-corrected chi connectivity index (χ3v) is 9.44. The van der Waals surface area contributed by atoms with Crippen molar-refractivity contribution in [2.24, 2.45) is 11.8 Å². The van der Waals surface area contributed by atoms with Gasteiger partial charge in [0.1, 0.15) is 0 Å². The molecule has 1 aromatic carbocycles. The molecule has 182 valence electrons. The summed E-state index contributed by atoms with van der Waals surface area (Å²) in [5.41, 5.74) is 0.500. The van der Waals surface area contributed by atoms with Crippen LogP contribution in [0.5, 0.6) is 0 Å². The van der Waals surface area contributed by atoms with E-state index in [1.807, 2.05) is 4.90 Å². The number of piperidine rings is 2. The van der Waals surface area contributed by atoms with Crippen molar-refractivity contribution in [2.75, 3.05) is 39.3 Å². The Morgan fingerprint density at radius 3 is 1.88 bits per heavy atom. The normalized spacial score (nSPS) is 22.2. The third-order valence-electron chi connectivity index (χ3n) is 7.53. The molecule has 0 spiro atoms. The molecule has 0 radical (unpaired) electrons. The predicted octanol–water partition coefficient (Wildman–Crippen LogP) is 3.36. The van der Waals surface area contributed by atoms with E-state index in [0.717, 1.165) is 51.6 Å². The van der Waals surface area contributed by atoms with Crippen LogP contribution in [0.15, 0.2) is 29.2 Å². The molecule has 0 aliphatic carbocycles. The van der Waals surface area contributed by atoms with Gasteiger partial charge in [-0.25, -0.2) is 8.42 Å². The Hall–Kier alpha value is -1.93. The van der Waals surface area contributed by atoms with Gasteiger partial charge in [0.25, 0.3) is 5.91 Å². The Morgan fingerprint density at radius 1 is 0.758 bits per heavy atom. The first-order chi connectivity index (χ1) is 15.9. The Kier molecular flexibility index (Phi) is 7.74. The van der Waals surface area contributed by atoms with E-state index < -0.39 is 10.0 Å². The van der Waals surface area contributed by atoms with Gasteiger partial charge in [-0.3, -0.25) is 9.59 Å². The fourth-order valence-corrected chi connectivity index (χ4v) is 6.72. The fraction of sp³-hybridized carbons (Fsp3) is 0.680. The molecule has 0 aromatic heterocycles. The number of sulfonamides is 1. The maximum absolute atomic E-state index is 13.0. The van der Waals surface area contributed by atoms with Crippen molar-refractivity contribution in [3.05, 3.63) is 29.8 Å². The summed E-state index contributed by atoms with van der Waals surface area (Å²) >= 11 is 0. The molecule has 3 aliphatic rings. The summed E-state index contributed by atoms with van der Waals surface area (Å²) in [4.78, 5) is 29.9. The first-order valence-electron chi connectivity index (χ1n) is 12.5. The fourth-order valence-electron chi connectivity index (χ4n) is 5.20. The minimum Gasteiger partial charge on any atom is -0.342 e. The summed E-state index contributed by atoms with van der Waals surface area (Å²) in [5, 5.41) is 0. The van der Waals surface area contributed by atoms with Crippen LogP contribution < -0.4 is 0 Å². The summed E-state index contributed by atoms with van der Waals surface area (Å²) < 4.78 is 27.5. The Balaban J connectivity index is 1.33. The highest BCUT2D eigenvalue weighted by molar-refractivity contribution is 7.89. The number of nitrogens with zero attached hydrogens (tertiary/aromatic N) is 3. The zero-order chi connectivity index (χ0) is 23.4. The van der Waals surface area contributed by atoms with Crippen LogP contribution in [0, 0.1) is 11.8 Å². The molecule has 7 nitrogen and oxygen atoms in total. The Bertz CT molecular complexity index is 923. The van der Waals surface area contributed by atoms with E-state index in [0.29, 0.717) is 50.5 Å². The first-order valence-corrected chi connectivity index (χ1v) is 14.0. The van der Waals surface area contributed by atoms with Crippen molar-refractivity contribution in [1.82, 2.24) is 14.1 Å². The van der Waals surface area contributed by atoms with Crippen molar-refractivity contribution in [3.63, 3.8) is 0 Å². The second kappa shape index (κ2) is 10.6. The molecular formula is C25H37N3O4S. The molecule has 8 heteroatoms. The molecule has 2 amide bonds. The first kappa shape index (κ1) is 24.2. The number of hydrogen-bond donors (Lipinski definition) is 0. The topological polar surface area (TPSA) is 78.0 Å². The zero-order valence-electron chi connectivity index (χ0n) is 19.7. The van der Waals surface area contributed by atoms with Gasteiger partial charge in [0.2, 0.25) is 15.9 Å². The van der Waals surface area contributed by atoms with Crippen molar-refractivity contribution in [2.45, 2.75) is 63.2 Å². The molecular weight excluding hydrogens is 438 g/mol. The summed E-state index contributed by atoms with van der Waals surface area (Å²) in [6, 6.07) is 6.36. The molecule has 0 atom stereocenters. The molecule has 0 bridgehead atoms. The number of hydrogen-bond acceptors (Lipinski definition) is 4. The standard InChI is InChI=1S/C25H37N3O4S/c1-20-10-16-26(17-11-20)25(30)22-12-18-27(19-13-22)24(29)21-6-8-23(9-7-21)33(31,32)28-14-4-2-3-5-15-28/h6-9,20,22H,2-5,10-19H2,1H3. The maximum atomic E-state index is 13.0. The summed E-state index contributed by atoms with van der Waals surface area (Å²) in [5.74, 6) is 0.853. The van der Waals surface area contributed by atoms with Crippen molar-refractivity contribution < 1.29 is 18.0 Å². The third kappa shape index (κ3) is 5.60. The van der Waals surface area contributed by atoms with Crippen LogP contribution in [0.1, 0.15) is 68.6 Å². The molecule has 4 rings (SSSR count). The second-order valence-corrected chi connectivity index (χ2v) is 11.9. The van der Waals surface area contributed by atoms with Gasteiger partial charge in [0, 0.05) is 50.7 Å². The van der Waals surface area contributed by atoms with E-state index in [-0.39, 0.29) is 22.6 Å². The molecule has 3 heterocycles. The van der Waals surface area contributed by atoms with Gasteiger partial charge in [-0.15, -0.1) is 0 Å². The van der Waals surface area contributed by atoms with Gasteiger partial charge in [-0.2, -0.15) is 4.31 Å². The number of benzene rings is 1. The van der Waals surface area contributed by atoms with Crippen LogP contribution in [0.4, 0.5) is 0 Å². The van der Waals surface area contributed by atoms with Crippen LogP contribution in [0.2, 0.25) is 0 Å². The van der Waals surface area contributed by atoms with Crippen LogP contribution in [-0.4, -0.2) is 73.6 Å². The quantitative estimate of drug-likeness (QED) is 0.669. The molecule has 1 aromatic rings. The lowest BCUT2D eigenvalue weighted by atomic mass is 9.92. The van der Waals surface area contributed by atoms with E-state index in [1.165, 1.54) is 0 Å². The van der Waals surface area contributed by atoms with E-state index in [4.69, 9.17) is 0 Å². The Morgan fingerprint density at radius 2 is 1.30 bits per heavy atom. The van der Waals surface area contributed by atoms with Crippen LogP contribution >= 0.6 is 0 Å². The molecule has 0 saturated carbocycles. The molecule has 0 N–H and O–H groups in total. The van der Waals surface area contributed by atoms with Gasteiger partial charge in [-0.05, 0) is 68.7 Å². The van der Waals surface area contributed by atoms with Gasteiger partial charge >= 0.3 is 0 Å². The number of carbonyl (C=O) groups excluding carboxylic acids is 2. The van der Waals surface area contributed by atoms with Crippen LogP contribution in [-0.2, 0) is 14.8 Å². The smallest absolute Gasteiger partial charge is 0.253 e. The van der Waals surface area contributed by atoms with E-state index >= 15 is 0 Å². The Labute approximate surface area is 198 Å². The lowest BCUT2D eigenvalue weighted by molar-refractivity contribution is -0.138. The zero-order valence-corrected chi connectivity index (χ0v) is 20.6. The minimum absolute atomic E-state index is 0.00333. The largest absolute Gasteiger partial charge is 0.342 e. The lowest BCUT2D eigenvalue weighted by Crippen LogP contribution is -2.46. The maximum Gasteiger partial charge on any atom is 0.253 e. The lowest BCUT2D eigenvalue weighted by Gasteiger charge is -2.36. The van der Waals surface area contributed by atoms with Crippen molar-refractivity contribution >= 4 is 21.8 Å². The number of carbonyl (C=O) groups is 2. The van der Waals surface area contributed by atoms with Gasteiger partial charge in [-0.1, -0.05) is 19.8 Å². The number of rotatable bonds is 4. The molecule has 3 fully saturated rings. The number of amides is 2. The highest BCUT2D eigenvalue weighted by atomic mass is 32.2. The highest BCUT2D eigenvalue weighted by Crippen LogP contribution is 2.25. The summed E-state index contributed by atoms with van der Waals surface area (Å²) in [6.45, 7) is 6.20. The van der Waals surface area contributed by atoms with Gasteiger partial charge in [0.05, 0.1) is 4.90 Å². The van der Waals surface area contributed by atoms with Crippen LogP contribution in [0.25, 0.3) is 0 Å². The average Bonchev–Trinajstić information content (AvgIpc) is 3.14. The number of likely N-dealkylation sites (tertiary alicyclic amines) is 2. The van der Waals surface area contributed by atoms with Crippen molar-refractivity contribution in [1.29, 1.82) is 0 Å². The van der Waals surface area contributed by atoms with Gasteiger partial charge in [0.15, 0.2) is 0 Å². The monoisotopic (exact) mass is 475 g/mol. The molecule has 0 unspecified atom stereocenters. The molecule has 3 saturated heterocycles. The van der Waals surface area contributed by atoms with E-state index in [9.17, 15) is 18.0 Å². The minimum atomic E-state index is -3.52. The van der Waals surface area contributed by atoms with Gasteiger partial charge < -0.3 is 9.80 Å².